The second-order valence-corrected chi connectivity index (χ2v) is 4.54. The predicted octanol–water partition coefficient (Wildman–Crippen LogP) is 2.89. The van der Waals surface area contributed by atoms with Crippen molar-refractivity contribution in [3.05, 3.63) is 29.3 Å². The van der Waals surface area contributed by atoms with Crippen LogP contribution in [0.3, 0.4) is 0 Å². The summed E-state index contributed by atoms with van der Waals surface area (Å²) in [5.41, 5.74) is 1.51. The van der Waals surface area contributed by atoms with Gasteiger partial charge in [0.15, 0.2) is 5.78 Å². The number of hydrogen-bond acceptors (Lipinski definition) is 2. The molecule has 1 rings (SSSR count). The SMILES string of the molecule is CC(=O)c1cc(O)ccc1C(C)(C)C. The molecule has 0 aliphatic heterocycles. The zero-order valence-electron chi connectivity index (χ0n) is 9.09. The van der Waals surface area contributed by atoms with Gasteiger partial charge in [0, 0.05) is 5.56 Å². The number of carbonyl (C=O) groups is 1. The molecule has 2 nitrogen and oxygen atoms in total. The smallest absolute Gasteiger partial charge is 0.160 e. The van der Waals surface area contributed by atoms with Crippen molar-refractivity contribution in [1.29, 1.82) is 0 Å². The maximum Gasteiger partial charge on any atom is 0.160 e. The van der Waals surface area contributed by atoms with E-state index in [1.165, 1.54) is 13.0 Å². The molecule has 2 heteroatoms. The summed E-state index contributed by atoms with van der Waals surface area (Å²) in [6, 6.07) is 4.96. The maximum absolute atomic E-state index is 11.4. The molecule has 0 aliphatic rings. The van der Waals surface area contributed by atoms with Gasteiger partial charge in [0.05, 0.1) is 0 Å². The normalized spacial score (nSPS) is 11.4. The highest BCUT2D eigenvalue weighted by atomic mass is 16.3. The van der Waals surface area contributed by atoms with Crippen molar-refractivity contribution in [2.24, 2.45) is 0 Å². The molecule has 0 atom stereocenters. The van der Waals surface area contributed by atoms with Crippen LogP contribution in [0.2, 0.25) is 0 Å². The van der Waals surface area contributed by atoms with E-state index in [4.69, 9.17) is 0 Å². The monoisotopic (exact) mass is 192 g/mol. The lowest BCUT2D eigenvalue weighted by molar-refractivity contribution is 0.101. The minimum atomic E-state index is -0.0747. The van der Waals surface area contributed by atoms with E-state index in [2.05, 4.69) is 0 Å². The van der Waals surface area contributed by atoms with E-state index < -0.39 is 0 Å². The second kappa shape index (κ2) is 3.45. The van der Waals surface area contributed by atoms with Crippen LogP contribution in [0, 0.1) is 0 Å². The van der Waals surface area contributed by atoms with Crippen molar-refractivity contribution in [2.45, 2.75) is 33.1 Å². The van der Waals surface area contributed by atoms with Gasteiger partial charge in [-0.3, -0.25) is 4.79 Å². The molecule has 1 aromatic carbocycles. The third kappa shape index (κ3) is 2.13. The van der Waals surface area contributed by atoms with Crippen molar-refractivity contribution in [1.82, 2.24) is 0 Å². The highest BCUT2D eigenvalue weighted by Gasteiger charge is 2.19. The average Bonchev–Trinajstić information content (AvgIpc) is 2.01. The number of carbonyl (C=O) groups excluding carboxylic acids is 1. The molecule has 0 radical (unpaired) electrons. The van der Waals surface area contributed by atoms with Gasteiger partial charge in [-0.25, -0.2) is 0 Å². The Morgan fingerprint density at radius 1 is 1.29 bits per heavy atom. The first-order chi connectivity index (χ1) is 6.32. The lowest BCUT2D eigenvalue weighted by atomic mass is 9.83. The van der Waals surface area contributed by atoms with Crippen molar-refractivity contribution in [3.63, 3.8) is 0 Å². The van der Waals surface area contributed by atoms with Crippen LogP contribution in [0.5, 0.6) is 5.75 Å². The molecule has 1 aromatic rings. The summed E-state index contributed by atoms with van der Waals surface area (Å²) in [7, 11) is 0. The van der Waals surface area contributed by atoms with E-state index in [9.17, 15) is 9.90 Å². The molecule has 0 spiro atoms. The van der Waals surface area contributed by atoms with Crippen LogP contribution in [0.4, 0.5) is 0 Å². The quantitative estimate of drug-likeness (QED) is 0.695. The maximum atomic E-state index is 11.4. The molecule has 0 aliphatic carbocycles. The summed E-state index contributed by atoms with van der Waals surface area (Å²) in [6.07, 6.45) is 0. The molecule has 0 amide bonds. The van der Waals surface area contributed by atoms with Gasteiger partial charge in [-0.2, -0.15) is 0 Å². The Bertz CT molecular complexity index is 359. The molecular weight excluding hydrogens is 176 g/mol. The molecule has 0 fully saturated rings. The van der Waals surface area contributed by atoms with Gasteiger partial charge >= 0.3 is 0 Å². The Balaban J connectivity index is 3.37. The Labute approximate surface area is 84.6 Å². The second-order valence-electron chi connectivity index (χ2n) is 4.54. The largest absolute Gasteiger partial charge is 0.508 e. The minimum Gasteiger partial charge on any atom is -0.508 e. The Hall–Kier alpha value is -1.31. The van der Waals surface area contributed by atoms with Crippen molar-refractivity contribution in [2.75, 3.05) is 0 Å². The fraction of sp³-hybridized carbons (Fsp3) is 0.417. The number of ketones is 1. The van der Waals surface area contributed by atoms with E-state index in [1.807, 2.05) is 26.8 Å². The van der Waals surface area contributed by atoms with Crippen LogP contribution in [0.25, 0.3) is 0 Å². The van der Waals surface area contributed by atoms with E-state index in [1.54, 1.807) is 6.07 Å². The zero-order valence-corrected chi connectivity index (χ0v) is 9.09. The number of rotatable bonds is 1. The molecule has 0 heterocycles. The van der Waals surface area contributed by atoms with E-state index in [0.717, 1.165) is 5.56 Å². The molecule has 0 bridgehead atoms. The third-order valence-corrected chi connectivity index (χ3v) is 2.19. The first-order valence-corrected chi connectivity index (χ1v) is 4.67. The van der Waals surface area contributed by atoms with Gasteiger partial charge in [0.25, 0.3) is 0 Å². The van der Waals surface area contributed by atoms with Crippen LogP contribution in [0.15, 0.2) is 18.2 Å². The summed E-state index contributed by atoms with van der Waals surface area (Å²) in [4.78, 5) is 11.4. The van der Waals surface area contributed by atoms with Gasteiger partial charge < -0.3 is 5.11 Å². The van der Waals surface area contributed by atoms with Crippen molar-refractivity contribution < 1.29 is 9.90 Å². The summed E-state index contributed by atoms with van der Waals surface area (Å²) >= 11 is 0. The number of benzene rings is 1. The van der Waals surface area contributed by atoms with Crippen LogP contribution >= 0.6 is 0 Å². The van der Waals surface area contributed by atoms with Crippen molar-refractivity contribution in [3.8, 4) is 5.75 Å². The Kier molecular flexibility index (Phi) is 2.65. The Morgan fingerprint density at radius 2 is 1.86 bits per heavy atom. The van der Waals surface area contributed by atoms with E-state index in [0.29, 0.717) is 5.56 Å². The average molecular weight is 192 g/mol. The highest BCUT2D eigenvalue weighted by Crippen LogP contribution is 2.28. The molecule has 0 saturated carbocycles. The predicted molar refractivity (Wildman–Crippen MR) is 56.8 cm³/mol. The van der Waals surface area contributed by atoms with E-state index >= 15 is 0 Å². The van der Waals surface area contributed by atoms with Gasteiger partial charge in [0.2, 0.25) is 0 Å². The van der Waals surface area contributed by atoms with E-state index in [-0.39, 0.29) is 16.9 Å². The highest BCUT2D eigenvalue weighted by molar-refractivity contribution is 5.96. The molecule has 0 aromatic heterocycles. The molecule has 1 N–H and O–H groups in total. The van der Waals surface area contributed by atoms with Crippen LogP contribution in [0.1, 0.15) is 43.6 Å². The fourth-order valence-corrected chi connectivity index (χ4v) is 1.48. The van der Waals surface area contributed by atoms with Crippen LogP contribution in [-0.2, 0) is 5.41 Å². The molecule has 0 saturated heterocycles. The number of hydrogen-bond donors (Lipinski definition) is 1. The summed E-state index contributed by atoms with van der Waals surface area (Å²) < 4.78 is 0. The van der Waals surface area contributed by atoms with Gasteiger partial charge in [-0.15, -0.1) is 0 Å². The number of aromatic hydroxyl groups is 1. The molecule has 14 heavy (non-hydrogen) atoms. The molecular formula is C12H16O2. The summed E-state index contributed by atoms with van der Waals surface area (Å²) in [5, 5.41) is 9.30. The molecule has 0 unspecified atom stereocenters. The summed E-state index contributed by atoms with van der Waals surface area (Å²) in [6.45, 7) is 7.66. The van der Waals surface area contributed by atoms with Gasteiger partial charge in [-0.1, -0.05) is 26.8 Å². The number of phenolic OH excluding ortho intramolecular Hbond substituents is 1. The van der Waals surface area contributed by atoms with Crippen LogP contribution in [-0.4, -0.2) is 10.9 Å². The topological polar surface area (TPSA) is 37.3 Å². The lowest BCUT2D eigenvalue weighted by Crippen LogP contribution is -2.15. The zero-order chi connectivity index (χ0) is 10.9. The number of Topliss-reactive ketones (excluding diaryl/α,β-unsaturated/α-hetero) is 1. The van der Waals surface area contributed by atoms with Crippen LogP contribution < -0.4 is 0 Å². The first kappa shape index (κ1) is 10.8. The summed E-state index contributed by atoms with van der Waals surface area (Å²) in [5.74, 6) is 0.133. The minimum absolute atomic E-state index is 0.00850. The number of phenols is 1. The first-order valence-electron chi connectivity index (χ1n) is 4.67. The Morgan fingerprint density at radius 3 is 2.29 bits per heavy atom. The molecule has 76 valence electrons. The van der Waals surface area contributed by atoms with Crippen molar-refractivity contribution >= 4 is 5.78 Å². The fourth-order valence-electron chi connectivity index (χ4n) is 1.48. The van der Waals surface area contributed by atoms with Gasteiger partial charge in [0.1, 0.15) is 5.75 Å². The van der Waals surface area contributed by atoms with Gasteiger partial charge in [-0.05, 0) is 30.0 Å². The standard InChI is InChI=1S/C12H16O2/c1-8(13)10-7-9(14)5-6-11(10)12(2,3)4/h5-7,14H,1-4H3. The third-order valence-electron chi connectivity index (χ3n) is 2.19. The lowest BCUT2D eigenvalue weighted by Gasteiger charge is -2.21.